The van der Waals surface area contributed by atoms with Crippen molar-refractivity contribution in [3.63, 3.8) is 0 Å². The van der Waals surface area contributed by atoms with Crippen molar-refractivity contribution in [2.45, 2.75) is 65.0 Å². The van der Waals surface area contributed by atoms with Crippen LogP contribution in [0.25, 0.3) is 0 Å². The Labute approximate surface area is 127 Å². The number of hydrogen-bond donors (Lipinski definition) is 1. The van der Waals surface area contributed by atoms with Crippen LogP contribution in [0.4, 0.5) is 5.69 Å². The van der Waals surface area contributed by atoms with E-state index in [1.807, 2.05) is 39.1 Å². The molecule has 1 amide bonds. The van der Waals surface area contributed by atoms with Gasteiger partial charge in [0, 0.05) is 18.1 Å². The van der Waals surface area contributed by atoms with E-state index < -0.39 is 0 Å². The number of rotatable bonds is 3. The van der Waals surface area contributed by atoms with Crippen molar-refractivity contribution in [3.8, 4) is 0 Å². The molecule has 21 heavy (non-hydrogen) atoms. The minimum Gasteiger partial charge on any atom is -0.367 e. The van der Waals surface area contributed by atoms with E-state index in [0.717, 1.165) is 18.7 Å². The number of aromatic nitrogens is 1. The Morgan fingerprint density at radius 2 is 2.14 bits per heavy atom. The van der Waals surface area contributed by atoms with Gasteiger partial charge < -0.3 is 10.2 Å². The Balaban J connectivity index is 2.09. The molecule has 2 heterocycles. The first-order valence-corrected chi connectivity index (χ1v) is 7.96. The average molecular weight is 289 g/mol. The molecule has 0 saturated carbocycles. The number of carbonyl (C=O) groups is 1. The summed E-state index contributed by atoms with van der Waals surface area (Å²) in [5, 5.41) is 2.94. The van der Waals surface area contributed by atoms with Crippen LogP contribution in [-0.2, 0) is 0 Å². The molecular formula is C17H27N3O. The van der Waals surface area contributed by atoms with Crippen LogP contribution in [0, 0.1) is 0 Å². The van der Waals surface area contributed by atoms with E-state index in [2.05, 4.69) is 22.1 Å². The molecule has 0 radical (unpaired) electrons. The van der Waals surface area contributed by atoms with Crippen molar-refractivity contribution in [1.82, 2.24) is 10.3 Å². The summed E-state index contributed by atoms with van der Waals surface area (Å²) in [4.78, 5) is 18.9. The predicted molar refractivity (Wildman–Crippen MR) is 86.7 cm³/mol. The molecule has 1 aromatic heterocycles. The summed E-state index contributed by atoms with van der Waals surface area (Å²) in [5.74, 6) is -0.111. The first-order chi connectivity index (χ1) is 9.90. The van der Waals surface area contributed by atoms with Crippen molar-refractivity contribution in [2.24, 2.45) is 0 Å². The predicted octanol–water partition coefficient (Wildman–Crippen LogP) is 3.38. The molecule has 1 unspecified atom stereocenters. The Bertz CT molecular complexity index is 476. The molecule has 4 nitrogen and oxygen atoms in total. The number of anilines is 1. The van der Waals surface area contributed by atoms with Gasteiger partial charge in [0.2, 0.25) is 0 Å². The van der Waals surface area contributed by atoms with Gasteiger partial charge in [0.15, 0.2) is 0 Å². The first kappa shape index (κ1) is 15.8. The molecular weight excluding hydrogens is 262 g/mol. The van der Waals surface area contributed by atoms with Gasteiger partial charge in [-0.1, -0.05) is 6.92 Å². The molecule has 0 bridgehead atoms. The number of nitrogens with zero attached hydrogens (tertiary/aromatic N) is 2. The number of amides is 1. The third-order valence-electron chi connectivity index (χ3n) is 3.90. The Hall–Kier alpha value is -1.58. The van der Waals surface area contributed by atoms with E-state index in [9.17, 15) is 4.79 Å². The second-order valence-electron chi connectivity index (χ2n) is 6.86. The smallest absolute Gasteiger partial charge is 0.270 e. The van der Waals surface area contributed by atoms with E-state index in [-0.39, 0.29) is 11.4 Å². The van der Waals surface area contributed by atoms with Crippen molar-refractivity contribution in [1.29, 1.82) is 0 Å². The van der Waals surface area contributed by atoms with Crippen LogP contribution in [0.5, 0.6) is 0 Å². The summed E-state index contributed by atoms with van der Waals surface area (Å²) in [6, 6.07) is 4.46. The molecule has 1 atom stereocenters. The third kappa shape index (κ3) is 4.19. The summed E-state index contributed by atoms with van der Waals surface area (Å²) in [5.41, 5.74) is 1.38. The van der Waals surface area contributed by atoms with Gasteiger partial charge in [-0.2, -0.15) is 0 Å². The maximum atomic E-state index is 12.1. The quantitative estimate of drug-likeness (QED) is 0.928. The number of pyridine rings is 1. The highest BCUT2D eigenvalue weighted by atomic mass is 16.2. The molecule has 1 aromatic rings. The largest absolute Gasteiger partial charge is 0.367 e. The van der Waals surface area contributed by atoms with Crippen molar-refractivity contribution >= 4 is 11.6 Å². The standard InChI is InChI=1S/C17H27N3O/c1-5-13-8-6-7-11-20(13)14-9-10-15(18-12-14)16(21)19-17(2,3)4/h9-10,12-13H,5-8,11H2,1-4H3,(H,19,21). The molecule has 1 N–H and O–H groups in total. The second-order valence-corrected chi connectivity index (χ2v) is 6.86. The van der Waals surface area contributed by atoms with Gasteiger partial charge in [0.1, 0.15) is 5.69 Å². The molecule has 116 valence electrons. The normalized spacial score (nSPS) is 19.4. The van der Waals surface area contributed by atoms with Crippen LogP contribution >= 0.6 is 0 Å². The van der Waals surface area contributed by atoms with Crippen LogP contribution in [0.15, 0.2) is 18.3 Å². The number of piperidine rings is 1. The van der Waals surface area contributed by atoms with E-state index in [4.69, 9.17) is 0 Å². The maximum Gasteiger partial charge on any atom is 0.270 e. The molecule has 1 saturated heterocycles. The monoisotopic (exact) mass is 289 g/mol. The molecule has 0 spiro atoms. The fourth-order valence-corrected chi connectivity index (χ4v) is 2.86. The molecule has 4 heteroatoms. The van der Waals surface area contributed by atoms with Crippen LogP contribution in [0.2, 0.25) is 0 Å². The summed E-state index contributed by atoms with van der Waals surface area (Å²) >= 11 is 0. The highest BCUT2D eigenvalue weighted by Crippen LogP contribution is 2.25. The van der Waals surface area contributed by atoms with Crippen molar-refractivity contribution < 1.29 is 4.79 Å². The zero-order valence-electron chi connectivity index (χ0n) is 13.6. The van der Waals surface area contributed by atoms with Gasteiger partial charge >= 0.3 is 0 Å². The lowest BCUT2D eigenvalue weighted by molar-refractivity contribution is 0.0914. The summed E-state index contributed by atoms with van der Waals surface area (Å²) < 4.78 is 0. The van der Waals surface area contributed by atoms with Gasteiger partial charge in [0.25, 0.3) is 5.91 Å². The maximum absolute atomic E-state index is 12.1. The van der Waals surface area contributed by atoms with Crippen LogP contribution in [-0.4, -0.2) is 29.0 Å². The summed E-state index contributed by atoms with van der Waals surface area (Å²) in [6.07, 6.45) is 6.80. The first-order valence-electron chi connectivity index (χ1n) is 7.96. The fraction of sp³-hybridized carbons (Fsp3) is 0.647. The van der Waals surface area contributed by atoms with Gasteiger partial charge in [0.05, 0.1) is 11.9 Å². The molecule has 1 aliphatic rings. The van der Waals surface area contributed by atoms with Gasteiger partial charge in [-0.05, 0) is 58.6 Å². The Morgan fingerprint density at radius 1 is 1.38 bits per heavy atom. The topological polar surface area (TPSA) is 45.2 Å². The summed E-state index contributed by atoms with van der Waals surface area (Å²) in [7, 11) is 0. The highest BCUT2D eigenvalue weighted by Gasteiger charge is 2.22. The third-order valence-corrected chi connectivity index (χ3v) is 3.90. The van der Waals surface area contributed by atoms with Crippen LogP contribution < -0.4 is 10.2 Å². The van der Waals surface area contributed by atoms with Crippen molar-refractivity contribution in [3.05, 3.63) is 24.0 Å². The second kappa shape index (κ2) is 6.46. The van der Waals surface area contributed by atoms with E-state index >= 15 is 0 Å². The van der Waals surface area contributed by atoms with Crippen LogP contribution in [0.1, 0.15) is 63.9 Å². The SMILES string of the molecule is CCC1CCCCN1c1ccc(C(=O)NC(C)(C)C)nc1. The molecule has 1 fully saturated rings. The minimum absolute atomic E-state index is 0.111. The summed E-state index contributed by atoms with van der Waals surface area (Å²) in [6.45, 7) is 9.24. The fourth-order valence-electron chi connectivity index (χ4n) is 2.86. The zero-order chi connectivity index (χ0) is 15.5. The molecule has 0 aliphatic carbocycles. The lowest BCUT2D eigenvalue weighted by Crippen LogP contribution is -2.41. The number of hydrogen-bond acceptors (Lipinski definition) is 3. The molecule has 0 aromatic carbocycles. The zero-order valence-corrected chi connectivity index (χ0v) is 13.6. The van der Waals surface area contributed by atoms with Gasteiger partial charge in [-0.3, -0.25) is 4.79 Å². The van der Waals surface area contributed by atoms with Crippen molar-refractivity contribution in [2.75, 3.05) is 11.4 Å². The van der Waals surface area contributed by atoms with E-state index in [0.29, 0.717) is 11.7 Å². The van der Waals surface area contributed by atoms with E-state index in [1.165, 1.54) is 19.3 Å². The van der Waals surface area contributed by atoms with E-state index in [1.54, 1.807) is 0 Å². The lowest BCUT2D eigenvalue weighted by atomic mass is 9.99. The number of carbonyl (C=O) groups excluding carboxylic acids is 1. The molecule has 1 aliphatic heterocycles. The minimum atomic E-state index is -0.238. The Morgan fingerprint density at radius 3 is 2.71 bits per heavy atom. The van der Waals surface area contributed by atoms with Crippen LogP contribution in [0.3, 0.4) is 0 Å². The number of nitrogens with one attached hydrogen (secondary N) is 1. The van der Waals surface area contributed by atoms with Gasteiger partial charge in [-0.15, -0.1) is 0 Å². The van der Waals surface area contributed by atoms with Gasteiger partial charge in [-0.25, -0.2) is 4.98 Å². The average Bonchev–Trinajstić information content (AvgIpc) is 2.45. The Kier molecular flexibility index (Phi) is 4.86. The molecule has 2 rings (SSSR count). The highest BCUT2D eigenvalue weighted by molar-refractivity contribution is 5.92. The lowest BCUT2D eigenvalue weighted by Gasteiger charge is -2.37.